The fraction of sp³-hybridized carbons (Fsp3) is 0.303. The first-order chi connectivity index (χ1) is 19.4. The molecule has 8 heteroatoms. The number of nitrogens with zero attached hydrogens (tertiary/aromatic N) is 1. The number of rotatable bonds is 9. The van der Waals surface area contributed by atoms with Crippen LogP contribution in [0.1, 0.15) is 36.3 Å². The smallest absolute Gasteiger partial charge is 0.319 e. The zero-order valence-corrected chi connectivity index (χ0v) is 25.2. The maximum Gasteiger partial charge on any atom is 0.319 e. The van der Waals surface area contributed by atoms with Crippen LogP contribution in [0.4, 0.5) is 10.5 Å². The van der Waals surface area contributed by atoms with Gasteiger partial charge in [-0.2, -0.15) is 0 Å². The highest BCUT2D eigenvalue weighted by atomic mass is 35.5. The van der Waals surface area contributed by atoms with Gasteiger partial charge in [0.15, 0.2) is 0 Å². The van der Waals surface area contributed by atoms with Crippen LogP contribution in [0.2, 0.25) is 10.0 Å². The lowest BCUT2D eigenvalue weighted by molar-refractivity contribution is -0.0210. The van der Waals surface area contributed by atoms with Crippen molar-refractivity contribution >= 4 is 58.1 Å². The zero-order valence-electron chi connectivity index (χ0n) is 22.9. The van der Waals surface area contributed by atoms with Crippen LogP contribution in [0.3, 0.4) is 0 Å². The molecule has 0 bridgehead atoms. The van der Waals surface area contributed by atoms with E-state index in [1.807, 2.05) is 78.9 Å². The lowest BCUT2D eigenvalue weighted by atomic mass is 9.85. The molecule has 5 rings (SSSR count). The average molecular weight is 613 g/mol. The Labute approximate surface area is 258 Å². The van der Waals surface area contributed by atoms with Gasteiger partial charge in [0.2, 0.25) is 0 Å². The highest BCUT2D eigenvalue weighted by molar-refractivity contribution is 6.42. The number of anilines is 1. The number of aliphatic hydroxyl groups is 1. The van der Waals surface area contributed by atoms with E-state index in [2.05, 4.69) is 27.7 Å². The first kappa shape index (κ1) is 31.1. The molecular formula is C33H36Cl3N3O2. The SMILES string of the molecule is Cl.O=C(NCC(CCN1CCC(O)(Cc2ccccc2)CC1)c1ccc(Cl)c(Cl)c1)Nc1cccc2ccccc12. The Morgan fingerprint density at radius 1 is 0.902 bits per heavy atom. The van der Waals surface area contributed by atoms with E-state index in [-0.39, 0.29) is 24.4 Å². The third kappa shape index (κ3) is 8.37. The summed E-state index contributed by atoms with van der Waals surface area (Å²) in [7, 11) is 0. The zero-order chi connectivity index (χ0) is 28.0. The van der Waals surface area contributed by atoms with E-state index in [1.165, 1.54) is 5.56 Å². The summed E-state index contributed by atoms with van der Waals surface area (Å²) in [5, 5.41) is 20.4. The number of carbonyl (C=O) groups excluding carboxylic acids is 1. The second-order valence-electron chi connectivity index (χ2n) is 10.7. The van der Waals surface area contributed by atoms with E-state index in [4.69, 9.17) is 23.2 Å². The Morgan fingerprint density at radius 3 is 2.37 bits per heavy atom. The number of halogens is 3. The Balaban J connectivity index is 0.00000387. The quantitative estimate of drug-likeness (QED) is 0.180. The van der Waals surface area contributed by atoms with Crippen LogP contribution in [0.5, 0.6) is 0 Å². The van der Waals surface area contributed by atoms with Crippen LogP contribution in [0.15, 0.2) is 91.0 Å². The second kappa shape index (κ2) is 14.4. The van der Waals surface area contributed by atoms with Crippen molar-refractivity contribution in [2.24, 2.45) is 0 Å². The number of fused-ring (bicyclic) bond motifs is 1. The minimum Gasteiger partial charge on any atom is -0.389 e. The first-order valence-electron chi connectivity index (χ1n) is 13.8. The summed E-state index contributed by atoms with van der Waals surface area (Å²) < 4.78 is 0. The van der Waals surface area contributed by atoms with E-state index in [0.29, 0.717) is 23.0 Å². The number of carbonyl (C=O) groups is 1. The molecule has 0 spiro atoms. The van der Waals surface area contributed by atoms with Crippen molar-refractivity contribution in [2.75, 3.05) is 31.5 Å². The minimum absolute atomic E-state index is 0. The molecule has 0 aliphatic carbocycles. The summed E-state index contributed by atoms with van der Waals surface area (Å²) in [6.07, 6.45) is 3.00. The molecule has 1 heterocycles. The number of benzene rings is 4. The molecule has 1 atom stereocenters. The molecule has 2 amide bonds. The molecule has 3 N–H and O–H groups in total. The van der Waals surface area contributed by atoms with Crippen molar-refractivity contribution in [1.82, 2.24) is 10.2 Å². The second-order valence-corrected chi connectivity index (χ2v) is 11.6. The summed E-state index contributed by atoms with van der Waals surface area (Å²) in [6, 6.07) is 29.5. The van der Waals surface area contributed by atoms with E-state index in [0.717, 1.165) is 60.9 Å². The van der Waals surface area contributed by atoms with E-state index < -0.39 is 5.60 Å². The van der Waals surface area contributed by atoms with Crippen molar-refractivity contribution in [1.29, 1.82) is 0 Å². The molecule has 0 aromatic heterocycles. The van der Waals surface area contributed by atoms with Crippen LogP contribution >= 0.6 is 35.6 Å². The van der Waals surface area contributed by atoms with Crippen molar-refractivity contribution in [3.05, 3.63) is 112 Å². The van der Waals surface area contributed by atoms with Crippen LogP contribution in [-0.4, -0.2) is 47.8 Å². The van der Waals surface area contributed by atoms with Gasteiger partial charge < -0.3 is 20.6 Å². The standard InChI is InChI=1S/C33H35Cl2N3O2.ClH/c34-29-14-13-26(21-30(29)35)27(23-36-32(39)37-31-12-6-10-25-9-4-5-11-28(25)31)15-18-38-19-16-33(40,17-20-38)22-24-7-2-1-3-8-24;/h1-14,21,27,40H,15-20,22-23H2,(H2,36,37,39);1H. The topological polar surface area (TPSA) is 64.6 Å². The van der Waals surface area contributed by atoms with Gasteiger partial charge in [-0.15, -0.1) is 12.4 Å². The van der Waals surface area contributed by atoms with Gasteiger partial charge in [0, 0.05) is 37.4 Å². The number of hydrogen-bond donors (Lipinski definition) is 3. The molecule has 0 saturated carbocycles. The van der Waals surface area contributed by atoms with Gasteiger partial charge in [-0.05, 0) is 60.5 Å². The summed E-state index contributed by atoms with van der Waals surface area (Å²) in [5.41, 5.74) is 2.32. The number of nitrogens with one attached hydrogen (secondary N) is 2. The minimum atomic E-state index is -0.664. The molecule has 1 fully saturated rings. The molecule has 41 heavy (non-hydrogen) atoms. The summed E-state index contributed by atoms with van der Waals surface area (Å²) in [6.45, 7) is 3.00. The number of amides is 2. The Morgan fingerprint density at radius 2 is 1.61 bits per heavy atom. The first-order valence-corrected chi connectivity index (χ1v) is 14.6. The molecule has 1 unspecified atom stereocenters. The highest BCUT2D eigenvalue weighted by Gasteiger charge is 2.32. The molecular weight excluding hydrogens is 577 g/mol. The monoisotopic (exact) mass is 611 g/mol. The van der Waals surface area contributed by atoms with Crippen molar-refractivity contribution < 1.29 is 9.90 Å². The Bertz CT molecular complexity index is 1440. The predicted molar refractivity (Wildman–Crippen MR) is 173 cm³/mol. The maximum absolute atomic E-state index is 12.9. The molecule has 1 saturated heterocycles. The van der Waals surface area contributed by atoms with Crippen LogP contribution in [0, 0.1) is 0 Å². The lowest BCUT2D eigenvalue weighted by Gasteiger charge is -2.39. The fourth-order valence-electron chi connectivity index (χ4n) is 5.55. The van der Waals surface area contributed by atoms with Crippen LogP contribution in [0.25, 0.3) is 10.8 Å². The van der Waals surface area contributed by atoms with Crippen molar-refractivity contribution in [3.63, 3.8) is 0 Å². The molecule has 4 aromatic carbocycles. The number of hydrogen-bond acceptors (Lipinski definition) is 3. The molecule has 1 aliphatic rings. The van der Waals surface area contributed by atoms with Crippen molar-refractivity contribution in [3.8, 4) is 0 Å². The van der Waals surface area contributed by atoms with Gasteiger partial charge >= 0.3 is 6.03 Å². The van der Waals surface area contributed by atoms with Crippen LogP contribution < -0.4 is 10.6 Å². The largest absolute Gasteiger partial charge is 0.389 e. The van der Waals surface area contributed by atoms with Gasteiger partial charge in [0.25, 0.3) is 0 Å². The normalized spacial score (nSPS) is 15.6. The van der Waals surface area contributed by atoms with Gasteiger partial charge in [-0.25, -0.2) is 4.79 Å². The third-order valence-corrected chi connectivity index (χ3v) is 8.66. The summed E-state index contributed by atoms with van der Waals surface area (Å²) in [5.74, 6) is 0.0539. The third-order valence-electron chi connectivity index (χ3n) is 7.92. The molecule has 216 valence electrons. The van der Waals surface area contributed by atoms with Crippen molar-refractivity contribution in [2.45, 2.75) is 37.2 Å². The lowest BCUT2D eigenvalue weighted by Crippen LogP contribution is -2.46. The molecule has 0 radical (unpaired) electrons. The van der Waals surface area contributed by atoms with E-state index in [9.17, 15) is 9.90 Å². The summed E-state index contributed by atoms with van der Waals surface area (Å²) in [4.78, 5) is 15.3. The molecule has 5 nitrogen and oxygen atoms in total. The number of likely N-dealkylation sites (tertiary alicyclic amines) is 1. The molecule has 1 aliphatic heterocycles. The van der Waals surface area contributed by atoms with Gasteiger partial charge in [-0.3, -0.25) is 0 Å². The Hall–Kier alpha value is -2.80. The Kier molecular flexibility index (Phi) is 10.9. The van der Waals surface area contributed by atoms with E-state index in [1.54, 1.807) is 0 Å². The molecule has 4 aromatic rings. The number of urea groups is 1. The summed E-state index contributed by atoms with van der Waals surface area (Å²) >= 11 is 12.6. The predicted octanol–water partition coefficient (Wildman–Crippen LogP) is 7.93. The maximum atomic E-state index is 12.9. The van der Waals surface area contributed by atoms with Gasteiger partial charge in [-0.1, -0.05) is 96.0 Å². The number of piperidine rings is 1. The van der Waals surface area contributed by atoms with Crippen LogP contribution in [-0.2, 0) is 6.42 Å². The van der Waals surface area contributed by atoms with Gasteiger partial charge in [0.05, 0.1) is 21.3 Å². The van der Waals surface area contributed by atoms with Gasteiger partial charge in [0.1, 0.15) is 0 Å². The fourth-order valence-corrected chi connectivity index (χ4v) is 5.86. The highest BCUT2D eigenvalue weighted by Crippen LogP contribution is 2.30. The average Bonchev–Trinajstić information content (AvgIpc) is 2.96. The van der Waals surface area contributed by atoms with E-state index >= 15 is 0 Å².